The van der Waals surface area contributed by atoms with Crippen molar-refractivity contribution in [2.45, 2.75) is 58.4 Å². The molecule has 1 fully saturated rings. The van der Waals surface area contributed by atoms with Gasteiger partial charge in [0.2, 0.25) is 0 Å². The molecule has 0 bridgehead atoms. The lowest BCUT2D eigenvalue weighted by Crippen LogP contribution is -2.16. The highest BCUT2D eigenvalue weighted by Gasteiger charge is 2.27. The number of methoxy groups -OCH3 is 1. The van der Waals surface area contributed by atoms with E-state index in [1.54, 1.807) is 0 Å². The normalized spacial score (nSPS) is 15.0. The summed E-state index contributed by atoms with van der Waals surface area (Å²) >= 11 is 0. The fourth-order valence-electron chi connectivity index (χ4n) is 3.77. The van der Waals surface area contributed by atoms with E-state index in [1.165, 1.54) is 26.4 Å². The molecule has 1 saturated carbocycles. The van der Waals surface area contributed by atoms with Gasteiger partial charge in [-0.25, -0.2) is 9.78 Å². The molecule has 1 aliphatic carbocycles. The highest BCUT2D eigenvalue weighted by atomic mass is 16.5. The molecule has 1 aliphatic rings. The van der Waals surface area contributed by atoms with E-state index in [9.17, 15) is 4.79 Å². The Bertz CT molecular complexity index is 761. The van der Waals surface area contributed by atoms with E-state index >= 15 is 0 Å². The fourth-order valence-corrected chi connectivity index (χ4v) is 3.77. The van der Waals surface area contributed by atoms with Crippen LogP contribution >= 0.6 is 0 Å². The smallest absolute Gasteiger partial charge is 0.358 e. The Labute approximate surface area is 155 Å². The average molecular weight is 356 g/mol. The van der Waals surface area contributed by atoms with Gasteiger partial charge in [-0.05, 0) is 38.3 Å². The summed E-state index contributed by atoms with van der Waals surface area (Å²) in [6, 6.07) is 8.31. The first-order valence-electron chi connectivity index (χ1n) is 9.56. The fraction of sp³-hybridized carbons (Fsp3) is 0.524. The van der Waals surface area contributed by atoms with Gasteiger partial charge < -0.3 is 14.0 Å². The molecule has 26 heavy (non-hydrogen) atoms. The zero-order chi connectivity index (χ0) is 18.5. The molecular weight excluding hydrogens is 328 g/mol. The van der Waals surface area contributed by atoms with Crippen LogP contribution in [0.5, 0.6) is 5.75 Å². The minimum Gasteiger partial charge on any atom is -0.493 e. The molecule has 1 aromatic carbocycles. The first kappa shape index (κ1) is 18.5. The van der Waals surface area contributed by atoms with Gasteiger partial charge in [0.15, 0.2) is 5.69 Å². The van der Waals surface area contributed by atoms with Gasteiger partial charge in [-0.15, -0.1) is 0 Å². The van der Waals surface area contributed by atoms with Crippen molar-refractivity contribution in [2.75, 3.05) is 13.7 Å². The molecule has 0 N–H and O–H groups in total. The second kappa shape index (κ2) is 8.39. The van der Waals surface area contributed by atoms with Crippen molar-refractivity contribution >= 4 is 5.97 Å². The summed E-state index contributed by atoms with van der Waals surface area (Å²) in [6.07, 6.45) is 6.87. The van der Waals surface area contributed by atoms with Gasteiger partial charge in [0, 0.05) is 11.7 Å². The van der Waals surface area contributed by atoms with E-state index in [2.05, 4.69) is 11.5 Å². The van der Waals surface area contributed by atoms with Crippen LogP contribution in [0.25, 0.3) is 11.4 Å². The molecule has 0 saturated heterocycles. The highest BCUT2D eigenvalue weighted by Crippen LogP contribution is 2.37. The van der Waals surface area contributed by atoms with E-state index in [0.717, 1.165) is 42.1 Å². The van der Waals surface area contributed by atoms with Crippen molar-refractivity contribution in [1.29, 1.82) is 0 Å². The maximum atomic E-state index is 12.2. The number of para-hydroxylation sites is 1. The van der Waals surface area contributed by atoms with E-state index in [0.29, 0.717) is 18.3 Å². The zero-order valence-electron chi connectivity index (χ0n) is 16.0. The van der Waals surface area contributed by atoms with Crippen LogP contribution in [0.2, 0.25) is 0 Å². The summed E-state index contributed by atoms with van der Waals surface area (Å²) in [5.74, 6) is 1.24. The number of carbonyl (C=O) groups excluding carboxylic acids is 1. The number of benzene rings is 1. The monoisotopic (exact) mass is 356 g/mol. The predicted octanol–water partition coefficient (Wildman–Crippen LogP) is 4.94. The lowest BCUT2D eigenvalue weighted by Gasteiger charge is -2.26. The van der Waals surface area contributed by atoms with E-state index < -0.39 is 0 Å². The van der Waals surface area contributed by atoms with E-state index in [1.807, 2.05) is 31.2 Å². The number of aromatic nitrogens is 2. The Morgan fingerprint density at radius 1 is 1.23 bits per heavy atom. The first-order chi connectivity index (χ1) is 12.7. The van der Waals surface area contributed by atoms with Crippen molar-refractivity contribution < 1.29 is 14.3 Å². The molecular formula is C21H28N2O3. The summed E-state index contributed by atoms with van der Waals surface area (Å²) in [4.78, 5) is 16.9. The largest absolute Gasteiger partial charge is 0.493 e. The minimum atomic E-state index is -0.384. The van der Waals surface area contributed by atoms with Crippen LogP contribution in [-0.4, -0.2) is 29.2 Å². The lowest BCUT2D eigenvalue weighted by atomic mass is 9.94. The van der Waals surface area contributed by atoms with Crippen molar-refractivity contribution in [3.05, 3.63) is 35.7 Å². The summed E-state index contributed by atoms with van der Waals surface area (Å²) < 4.78 is 13.1. The summed E-state index contributed by atoms with van der Waals surface area (Å²) in [5, 5.41) is 0. The summed E-state index contributed by atoms with van der Waals surface area (Å²) in [5.41, 5.74) is 2.21. The first-order valence-corrected chi connectivity index (χ1v) is 9.56. The van der Waals surface area contributed by atoms with Crippen LogP contribution in [0.1, 0.15) is 67.7 Å². The predicted molar refractivity (Wildman–Crippen MR) is 102 cm³/mol. The van der Waals surface area contributed by atoms with Gasteiger partial charge in [0.05, 0.1) is 19.3 Å². The molecule has 0 aliphatic heterocycles. The minimum absolute atomic E-state index is 0.365. The Morgan fingerprint density at radius 2 is 1.96 bits per heavy atom. The van der Waals surface area contributed by atoms with Gasteiger partial charge in [0.25, 0.3) is 0 Å². The molecule has 0 spiro atoms. The molecule has 1 heterocycles. The average Bonchev–Trinajstić information content (AvgIpc) is 3.03. The molecule has 0 amide bonds. The van der Waals surface area contributed by atoms with Crippen LogP contribution in [0.3, 0.4) is 0 Å². The molecule has 0 radical (unpaired) electrons. The number of nitrogens with zero attached hydrogens (tertiary/aromatic N) is 2. The molecule has 1 aromatic heterocycles. The zero-order valence-corrected chi connectivity index (χ0v) is 16.0. The topological polar surface area (TPSA) is 53.4 Å². The van der Waals surface area contributed by atoms with Crippen molar-refractivity contribution in [1.82, 2.24) is 9.55 Å². The van der Waals surface area contributed by atoms with Crippen LogP contribution in [0.15, 0.2) is 24.3 Å². The number of ether oxygens (including phenoxy) is 2. The number of esters is 1. The molecule has 2 aromatic rings. The molecule has 3 rings (SSSR count). The third-order valence-electron chi connectivity index (χ3n) is 5.06. The van der Waals surface area contributed by atoms with Gasteiger partial charge in [-0.2, -0.15) is 0 Å². The Hall–Kier alpha value is -2.30. The number of rotatable bonds is 6. The summed E-state index contributed by atoms with van der Waals surface area (Å²) in [7, 11) is 1.40. The van der Waals surface area contributed by atoms with Crippen molar-refractivity contribution in [2.24, 2.45) is 0 Å². The van der Waals surface area contributed by atoms with E-state index in [-0.39, 0.29) is 5.97 Å². The second-order valence-corrected chi connectivity index (χ2v) is 6.87. The molecule has 5 nitrogen and oxygen atoms in total. The highest BCUT2D eigenvalue weighted by molar-refractivity contribution is 5.89. The molecule has 0 atom stereocenters. The Balaban J connectivity index is 2.12. The lowest BCUT2D eigenvalue weighted by molar-refractivity contribution is 0.0593. The van der Waals surface area contributed by atoms with Gasteiger partial charge in [-0.3, -0.25) is 0 Å². The van der Waals surface area contributed by atoms with Crippen LogP contribution in [0.4, 0.5) is 0 Å². The SMILES string of the molecule is CCCOc1ccccc1-c1nc(C(=O)OC)c(C)n1C1CCCCC1. The number of carbonyl (C=O) groups is 1. The summed E-state index contributed by atoms with van der Waals surface area (Å²) in [6.45, 7) is 4.71. The van der Waals surface area contributed by atoms with Crippen LogP contribution in [0, 0.1) is 6.92 Å². The number of hydrogen-bond acceptors (Lipinski definition) is 4. The second-order valence-electron chi connectivity index (χ2n) is 6.87. The number of imidazole rings is 1. The van der Waals surface area contributed by atoms with Crippen LogP contribution < -0.4 is 4.74 Å². The number of hydrogen-bond donors (Lipinski definition) is 0. The standard InChI is InChI=1S/C21H28N2O3/c1-4-14-26-18-13-9-8-12-17(18)20-22-19(21(24)25-3)15(2)23(20)16-10-6-5-7-11-16/h8-9,12-13,16H,4-7,10-11,14H2,1-3H3. The quantitative estimate of drug-likeness (QED) is 0.688. The molecule has 5 heteroatoms. The Kier molecular flexibility index (Phi) is 5.96. The third kappa shape index (κ3) is 3.62. The van der Waals surface area contributed by atoms with Gasteiger partial charge >= 0.3 is 5.97 Å². The van der Waals surface area contributed by atoms with Crippen molar-refractivity contribution in [3.8, 4) is 17.1 Å². The Morgan fingerprint density at radius 3 is 2.65 bits per heavy atom. The van der Waals surface area contributed by atoms with Crippen LogP contribution in [-0.2, 0) is 4.74 Å². The molecule has 140 valence electrons. The maximum Gasteiger partial charge on any atom is 0.358 e. The third-order valence-corrected chi connectivity index (χ3v) is 5.06. The van der Waals surface area contributed by atoms with Gasteiger partial charge in [0.1, 0.15) is 11.6 Å². The van der Waals surface area contributed by atoms with Gasteiger partial charge in [-0.1, -0.05) is 38.3 Å². The molecule has 0 unspecified atom stereocenters. The van der Waals surface area contributed by atoms with E-state index in [4.69, 9.17) is 14.5 Å². The van der Waals surface area contributed by atoms with Crippen molar-refractivity contribution in [3.63, 3.8) is 0 Å². The maximum absolute atomic E-state index is 12.2.